The molecule has 2 aliphatic carbocycles. The van der Waals surface area contributed by atoms with Crippen molar-refractivity contribution in [3.05, 3.63) is 109 Å². The van der Waals surface area contributed by atoms with Crippen molar-refractivity contribution in [3.63, 3.8) is 0 Å². The van der Waals surface area contributed by atoms with Crippen molar-refractivity contribution >= 4 is 18.5 Å². The van der Waals surface area contributed by atoms with E-state index in [1.54, 1.807) is 5.31 Å². The predicted octanol–water partition coefficient (Wildman–Crippen LogP) is 5.64. The van der Waals surface area contributed by atoms with Crippen LogP contribution >= 0.6 is 7.92 Å². The number of nitrogens with zero attached hydrogens (tertiary/aromatic N) is 1. The number of allylic oxidation sites excluding steroid dienone is 6. The molecule has 0 amide bonds. The van der Waals surface area contributed by atoms with Crippen LogP contribution in [0.25, 0.3) is 0 Å². The Labute approximate surface area is 188 Å². The summed E-state index contributed by atoms with van der Waals surface area (Å²) in [6, 6.07) is 22.4. The largest absolute Gasteiger partial charge is 0.306 e. The molecular weight excluding hydrogens is 413 g/mol. The van der Waals surface area contributed by atoms with E-state index < -0.39 is 7.92 Å². The molecule has 0 bridgehead atoms. The molecule has 29 heavy (non-hydrogen) atoms. The Morgan fingerprint density at radius 2 is 1.34 bits per heavy atom. The number of hydrogen-bond acceptors (Lipinski definition) is 1. The standard InChI is InChI=1S/C21H24NP.C5H6.Fe/c1-17(22(2)3)20-15-10-16-21(20)23(18-11-6-4-7-12-18)19-13-8-5-9-14-19;1-2-4-5-3-1;/h4-17,20H,1-3H3;1-4H,5H2;/t17-,20?;;/m1../s1. The van der Waals surface area contributed by atoms with Gasteiger partial charge in [0, 0.05) is 29.0 Å². The summed E-state index contributed by atoms with van der Waals surface area (Å²) < 4.78 is 0. The van der Waals surface area contributed by atoms with E-state index in [0.717, 1.165) is 6.42 Å². The second kappa shape index (κ2) is 12.1. The van der Waals surface area contributed by atoms with Crippen LogP contribution in [0, 0.1) is 5.92 Å². The summed E-state index contributed by atoms with van der Waals surface area (Å²) >= 11 is 0. The van der Waals surface area contributed by atoms with E-state index in [2.05, 4.69) is 129 Å². The first-order valence-corrected chi connectivity index (χ1v) is 11.3. The monoisotopic (exact) mass is 443 g/mol. The van der Waals surface area contributed by atoms with Gasteiger partial charge in [0.1, 0.15) is 0 Å². The molecule has 2 atom stereocenters. The van der Waals surface area contributed by atoms with Gasteiger partial charge in [-0.2, -0.15) is 0 Å². The molecule has 0 spiro atoms. The normalized spacial score (nSPS) is 17.7. The molecule has 1 nitrogen and oxygen atoms in total. The van der Waals surface area contributed by atoms with E-state index in [1.807, 2.05) is 0 Å². The minimum atomic E-state index is -0.477. The van der Waals surface area contributed by atoms with Crippen LogP contribution < -0.4 is 10.6 Å². The van der Waals surface area contributed by atoms with Gasteiger partial charge in [0.2, 0.25) is 0 Å². The van der Waals surface area contributed by atoms with Crippen LogP contribution in [-0.2, 0) is 17.1 Å². The van der Waals surface area contributed by atoms with Crippen molar-refractivity contribution < 1.29 is 17.1 Å². The molecule has 3 heteroatoms. The number of benzene rings is 2. The van der Waals surface area contributed by atoms with Crippen LogP contribution in [0.1, 0.15) is 13.3 Å². The third-order valence-electron chi connectivity index (χ3n) is 5.20. The SMILES string of the molecule is C1=CCC=C1.C[C@H](C1C=CC=C1P(c1ccccc1)c1ccccc1)N(C)C.[Fe]. The first-order valence-electron chi connectivity index (χ1n) is 9.95. The molecule has 0 aliphatic heterocycles. The third-order valence-corrected chi connectivity index (χ3v) is 7.80. The van der Waals surface area contributed by atoms with Gasteiger partial charge in [-0.3, -0.25) is 0 Å². The van der Waals surface area contributed by atoms with Crippen molar-refractivity contribution in [2.45, 2.75) is 19.4 Å². The van der Waals surface area contributed by atoms with Crippen molar-refractivity contribution in [2.24, 2.45) is 5.92 Å². The van der Waals surface area contributed by atoms with Gasteiger partial charge in [0.25, 0.3) is 0 Å². The van der Waals surface area contributed by atoms with Crippen LogP contribution in [0.15, 0.2) is 109 Å². The molecule has 0 radical (unpaired) electrons. The molecule has 2 aromatic carbocycles. The smallest absolute Gasteiger partial charge is 0.0185 e. The Morgan fingerprint density at radius 3 is 1.76 bits per heavy atom. The van der Waals surface area contributed by atoms with Gasteiger partial charge in [-0.25, -0.2) is 0 Å². The number of hydrogen-bond donors (Lipinski definition) is 0. The van der Waals surface area contributed by atoms with Gasteiger partial charge in [0.05, 0.1) is 0 Å². The summed E-state index contributed by atoms with van der Waals surface area (Å²) in [7, 11) is 3.86. The molecule has 4 rings (SSSR count). The Hall–Kier alpha value is -1.69. The van der Waals surface area contributed by atoms with Gasteiger partial charge in [-0.1, -0.05) is 103 Å². The van der Waals surface area contributed by atoms with Crippen LogP contribution in [-0.4, -0.2) is 25.0 Å². The summed E-state index contributed by atoms with van der Waals surface area (Å²) in [5.41, 5.74) is 0. The Bertz CT molecular complexity index is 803. The van der Waals surface area contributed by atoms with Crippen LogP contribution in [0.3, 0.4) is 0 Å². The Kier molecular flexibility index (Phi) is 9.85. The summed E-state index contributed by atoms with van der Waals surface area (Å²) in [6.07, 6.45) is 16.4. The van der Waals surface area contributed by atoms with Crippen LogP contribution in [0.5, 0.6) is 0 Å². The fourth-order valence-electron chi connectivity index (χ4n) is 3.43. The predicted molar refractivity (Wildman–Crippen MR) is 126 cm³/mol. The zero-order chi connectivity index (χ0) is 19.8. The summed E-state index contributed by atoms with van der Waals surface area (Å²) in [5.74, 6) is 0.483. The molecule has 0 aromatic heterocycles. The molecule has 0 heterocycles. The third kappa shape index (κ3) is 6.39. The first kappa shape index (κ1) is 23.6. The quantitative estimate of drug-likeness (QED) is 0.427. The molecule has 0 saturated heterocycles. The molecule has 1 unspecified atom stereocenters. The van der Waals surface area contributed by atoms with E-state index in [1.165, 1.54) is 10.6 Å². The zero-order valence-electron chi connectivity index (χ0n) is 17.4. The fourth-order valence-corrected chi connectivity index (χ4v) is 6.10. The van der Waals surface area contributed by atoms with Gasteiger partial charge in [-0.05, 0) is 51.3 Å². The number of rotatable bonds is 5. The maximum absolute atomic E-state index is 2.36. The van der Waals surface area contributed by atoms with Crippen molar-refractivity contribution in [2.75, 3.05) is 14.1 Å². The van der Waals surface area contributed by atoms with Crippen molar-refractivity contribution in [3.8, 4) is 0 Å². The Balaban J connectivity index is 0.000000437. The topological polar surface area (TPSA) is 3.24 Å². The molecule has 2 aliphatic rings. The van der Waals surface area contributed by atoms with Crippen molar-refractivity contribution in [1.29, 1.82) is 0 Å². The Morgan fingerprint density at radius 1 is 0.828 bits per heavy atom. The fraction of sp³-hybridized carbons (Fsp3) is 0.231. The summed E-state index contributed by atoms with van der Waals surface area (Å²) in [6.45, 7) is 2.32. The molecule has 0 saturated carbocycles. The second-order valence-electron chi connectivity index (χ2n) is 7.30. The van der Waals surface area contributed by atoms with E-state index in [9.17, 15) is 0 Å². The van der Waals surface area contributed by atoms with Gasteiger partial charge < -0.3 is 4.90 Å². The average molecular weight is 443 g/mol. The van der Waals surface area contributed by atoms with Crippen LogP contribution in [0.4, 0.5) is 0 Å². The minimum Gasteiger partial charge on any atom is -0.306 e. The van der Waals surface area contributed by atoms with Gasteiger partial charge in [0.15, 0.2) is 0 Å². The molecule has 2 aromatic rings. The van der Waals surface area contributed by atoms with Gasteiger partial charge >= 0.3 is 0 Å². The van der Waals surface area contributed by atoms with E-state index in [4.69, 9.17) is 0 Å². The maximum Gasteiger partial charge on any atom is 0.0185 e. The molecular formula is C26H30FeNP. The average Bonchev–Trinajstić information content (AvgIpc) is 3.45. The van der Waals surface area contributed by atoms with E-state index >= 15 is 0 Å². The molecule has 0 fully saturated rings. The van der Waals surface area contributed by atoms with E-state index in [0.29, 0.717) is 12.0 Å². The summed E-state index contributed by atoms with van der Waals surface area (Å²) in [4.78, 5) is 2.32. The van der Waals surface area contributed by atoms with Crippen LogP contribution in [0.2, 0.25) is 0 Å². The van der Waals surface area contributed by atoms with Gasteiger partial charge in [-0.15, -0.1) is 0 Å². The minimum absolute atomic E-state index is 0. The van der Waals surface area contributed by atoms with E-state index in [-0.39, 0.29) is 17.1 Å². The first-order chi connectivity index (χ1) is 13.7. The molecule has 0 N–H and O–H groups in total. The second-order valence-corrected chi connectivity index (χ2v) is 9.52. The van der Waals surface area contributed by atoms with Crippen molar-refractivity contribution in [1.82, 2.24) is 4.90 Å². The maximum atomic E-state index is 2.36. The molecule has 152 valence electrons. The zero-order valence-corrected chi connectivity index (χ0v) is 19.4. The summed E-state index contributed by atoms with van der Waals surface area (Å²) in [5, 5.41) is 4.41.